The summed E-state index contributed by atoms with van der Waals surface area (Å²) in [5, 5.41) is 13.1. The van der Waals surface area contributed by atoms with E-state index in [0.29, 0.717) is 0 Å². The van der Waals surface area contributed by atoms with Gasteiger partial charge in [-0.1, -0.05) is 91.0 Å². The van der Waals surface area contributed by atoms with Gasteiger partial charge in [0.15, 0.2) is 0 Å². The molecule has 0 radical (unpaired) electrons. The van der Waals surface area contributed by atoms with Gasteiger partial charge in [-0.15, -0.1) is 0 Å². The highest BCUT2D eigenvalue weighted by Crippen LogP contribution is 2.37. The molecule has 3 rings (SSSR count). The zero-order chi connectivity index (χ0) is 20.7. The van der Waals surface area contributed by atoms with Crippen LogP contribution >= 0.6 is 0 Å². The molecule has 148 valence electrons. The molecule has 0 heterocycles. The number of hydrogen-bond donors (Lipinski definition) is 2. The fraction of sp³-hybridized carbons (Fsp3) is 0.167. The van der Waals surface area contributed by atoms with Crippen LogP contribution in [0.3, 0.4) is 0 Å². The van der Waals surface area contributed by atoms with Crippen molar-refractivity contribution < 1.29 is 19.4 Å². The van der Waals surface area contributed by atoms with Crippen LogP contribution in [0.1, 0.15) is 23.1 Å². The number of nitrogens with one attached hydrogen (secondary N) is 1. The summed E-state index contributed by atoms with van der Waals surface area (Å²) >= 11 is 0. The summed E-state index contributed by atoms with van der Waals surface area (Å²) in [6.07, 6.45) is -0.292. The molecule has 0 saturated heterocycles. The van der Waals surface area contributed by atoms with E-state index in [2.05, 4.69) is 5.32 Å². The summed E-state index contributed by atoms with van der Waals surface area (Å²) in [6.45, 7) is 0. The van der Waals surface area contributed by atoms with Crippen LogP contribution in [0.25, 0.3) is 0 Å². The van der Waals surface area contributed by atoms with Crippen LogP contribution in [-0.2, 0) is 19.9 Å². The number of benzene rings is 3. The summed E-state index contributed by atoms with van der Waals surface area (Å²) in [7, 11) is 1.25. The van der Waals surface area contributed by atoms with Crippen molar-refractivity contribution >= 4 is 11.9 Å². The Morgan fingerprint density at radius 2 is 1.21 bits per heavy atom. The number of aliphatic carboxylic acids is 1. The average molecular weight is 389 g/mol. The Morgan fingerprint density at radius 3 is 1.52 bits per heavy atom. The van der Waals surface area contributed by atoms with Gasteiger partial charge in [0.2, 0.25) is 0 Å². The van der Waals surface area contributed by atoms with E-state index in [4.69, 9.17) is 4.74 Å². The Balaban J connectivity index is 2.24. The highest BCUT2D eigenvalue weighted by molar-refractivity contribution is 5.81. The molecule has 2 N–H and O–H groups in total. The molecule has 0 aromatic heterocycles. The summed E-state index contributed by atoms with van der Waals surface area (Å²) in [5.74, 6) is -1.71. The molecule has 3 aromatic carbocycles. The number of hydrogen-bond acceptors (Lipinski definition) is 4. The maximum Gasteiger partial charge on any atom is 0.321 e. The minimum absolute atomic E-state index is 0.292. The Morgan fingerprint density at radius 1 is 0.828 bits per heavy atom. The lowest BCUT2D eigenvalue weighted by molar-refractivity contribution is -0.148. The second kappa shape index (κ2) is 9.17. The zero-order valence-corrected chi connectivity index (χ0v) is 16.1. The van der Waals surface area contributed by atoms with E-state index < -0.39 is 23.5 Å². The van der Waals surface area contributed by atoms with Crippen LogP contribution in [0, 0.1) is 0 Å². The van der Waals surface area contributed by atoms with Gasteiger partial charge in [-0.25, -0.2) is 0 Å². The van der Waals surface area contributed by atoms with Crippen LogP contribution in [0.15, 0.2) is 91.0 Å². The first-order chi connectivity index (χ1) is 14.1. The Kier molecular flexibility index (Phi) is 6.42. The van der Waals surface area contributed by atoms with Crippen molar-refractivity contribution in [3.63, 3.8) is 0 Å². The maximum absolute atomic E-state index is 12.1. The molecule has 0 saturated carbocycles. The van der Waals surface area contributed by atoms with E-state index in [1.807, 2.05) is 91.0 Å². The van der Waals surface area contributed by atoms with Crippen molar-refractivity contribution in [2.75, 3.05) is 7.11 Å². The van der Waals surface area contributed by atoms with Gasteiger partial charge in [0.05, 0.1) is 19.1 Å². The Labute approximate surface area is 170 Å². The van der Waals surface area contributed by atoms with E-state index in [1.165, 1.54) is 7.11 Å². The van der Waals surface area contributed by atoms with Gasteiger partial charge in [0.1, 0.15) is 6.04 Å². The molecule has 5 heteroatoms. The van der Waals surface area contributed by atoms with Crippen molar-refractivity contribution in [1.82, 2.24) is 5.32 Å². The standard InChI is InChI=1S/C24H23NO4/c1-29-22(26)17-21(23(27)28)25-24(18-11-5-2-6-12-18,19-13-7-3-8-14-19)20-15-9-4-10-16-20/h2-16,21,25H,17H2,1H3,(H,27,28)/t21-/m0/s1. The summed E-state index contributed by atoms with van der Waals surface area (Å²) in [6, 6.07) is 27.7. The molecule has 0 spiro atoms. The van der Waals surface area contributed by atoms with Gasteiger partial charge < -0.3 is 9.84 Å². The predicted octanol–water partition coefficient (Wildman–Crippen LogP) is 3.58. The first kappa shape index (κ1) is 20.3. The van der Waals surface area contributed by atoms with Gasteiger partial charge >= 0.3 is 11.9 Å². The molecule has 29 heavy (non-hydrogen) atoms. The number of carboxylic acid groups (broad SMARTS) is 1. The van der Waals surface area contributed by atoms with Crippen molar-refractivity contribution in [2.45, 2.75) is 18.0 Å². The number of methoxy groups -OCH3 is 1. The van der Waals surface area contributed by atoms with Crippen molar-refractivity contribution in [2.24, 2.45) is 0 Å². The summed E-state index contributed by atoms with van der Waals surface area (Å²) < 4.78 is 4.72. The Hall–Kier alpha value is -3.44. The van der Waals surface area contributed by atoms with Gasteiger partial charge in [0, 0.05) is 0 Å². The van der Waals surface area contributed by atoms with Crippen molar-refractivity contribution in [3.8, 4) is 0 Å². The first-order valence-corrected chi connectivity index (χ1v) is 9.32. The summed E-state index contributed by atoms with van der Waals surface area (Å²) in [4.78, 5) is 23.9. The molecular formula is C24H23NO4. The molecule has 1 atom stereocenters. The first-order valence-electron chi connectivity index (χ1n) is 9.32. The predicted molar refractivity (Wildman–Crippen MR) is 110 cm³/mol. The number of ether oxygens (including phenoxy) is 1. The maximum atomic E-state index is 12.1. The molecule has 3 aromatic rings. The third-order valence-corrected chi connectivity index (χ3v) is 4.91. The fourth-order valence-corrected chi connectivity index (χ4v) is 3.53. The molecule has 0 bridgehead atoms. The average Bonchev–Trinajstić information content (AvgIpc) is 2.78. The quantitative estimate of drug-likeness (QED) is 0.455. The van der Waals surface area contributed by atoms with Crippen molar-refractivity contribution in [1.29, 1.82) is 0 Å². The smallest absolute Gasteiger partial charge is 0.321 e. The highest BCUT2D eigenvalue weighted by atomic mass is 16.5. The molecule has 5 nitrogen and oxygen atoms in total. The van der Waals surface area contributed by atoms with Crippen LogP contribution < -0.4 is 5.32 Å². The molecule has 0 amide bonds. The topological polar surface area (TPSA) is 75.6 Å². The second-order valence-electron chi connectivity index (χ2n) is 6.66. The fourth-order valence-electron chi connectivity index (χ4n) is 3.53. The third kappa shape index (κ3) is 4.36. The number of rotatable bonds is 8. The van der Waals surface area contributed by atoms with Crippen LogP contribution in [0.2, 0.25) is 0 Å². The minimum Gasteiger partial charge on any atom is -0.480 e. The molecule has 0 aliphatic carbocycles. The van der Waals surface area contributed by atoms with Crippen LogP contribution in [-0.4, -0.2) is 30.2 Å². The van der Waals surface area contributed by atoms with E-state index in [0.717, 1.165) is 16.7 Å². The number of carbonyl (C=O) groups is 2. The SMILES string of the molecule is COC(=O)C[C@H](NC(c1ccccc1)(c1ccccc1)c1ccccc1)C(=O)O. The van der Waals surface area contributed by atoms with E-state index >= 15 is 0 Å². The zero-order valence-electron chi connectivity index (χ0n) is 16.1. The second-order valence-corrected chi connectivity index (χ2v) is 6.66. The molecule has 0 unspecified atom stereocenters. The van der Waals surface area contributed by atoms with Gasteiger partial charge in [-0.3, -0.25) is 14.9 Å². The van der Waals surface area contributed by atoms with Crippen LogP contribution in [0.5, 0.6) is 0 Å². The summed E-state index contributed by atoms with van der Waals surface area (Å²) in [5.41, 5.74) is 1.64. The van der Waals surface area contributed by atoms with Crippen LogP contribution in [0.4, 0.5) is 0 Å². The number of esters is 1. The van der Waals surface area contributed by atoms with E-state index in [-0.39, 0.29) is 6.42 Å². The number of carboxylic acids is 1. The largest absolute Gasteiger partial charge is 0.480 e. The Bertz CT molecular complexity index is 846. The monoisotopic (exact) mass is 389 g/mol. The van der Waals surface area contributed by atoms with Gasteiger partial charge in [0.25, 0.3) is 0 Å². The molecule has 0 aliphatic heterocycles. The normalized spacial score (nSPS) is 12.2. The van der Waals surface area contributed by atoms with Crippen molar-refractivity contribution in [3.05, 3.63) is 108 Å². The lowest BCUT2D eigenvalue weighted by Gasteiger charge is -2.39. The number of carbonyl (C=O) groups excluding carboxylic acids is 1. The highest BCUT2D eigenvalue weighted by Gasteiger charge is 2.40. The van der Waals surface area contributed by atoms with E-state index in [9.17, 15) is 14.7 Å². The lowest BCUT2D eigenvalue weighted by atomic mass is 9.76. The van der Waals surface area contributed by atoms with E-state index in [1.54, 1.807) is 0 Å². The molecule has 0 aliphatic rings. The molecule has 0 fully saturated rings. The third-order valence-electron chi connectivity index (χ3n) is 4.91. The van der Waals surface area contributed by atoms with Gasteiger partial charge in [-0.05, 0) is 16.7 Å². The minimum atomic E-state index is -1.15. The molecular weight excluding hydrogens is 366 g/mol. The van der Waals surface area contributed by atoms with Gasteiger partial charge in [-0.2, -0.15) is 0 Å². The lowest BCUT2D eigenvalue weighted by Crippen LogP contribution is -2.53.